The second kappa shape index (κ2) is 10.9. The Bertz CT molecular complexity index is 1290. The summed E-state index contributed by atoms with van der Waals surface area (Å²) in [6.07, 6.45) is 7.98. The molecule has 5 rings (SSSR count). The Morgan fingerprint density at radius 3 is 2.69 bits per heavy atom. The summed E-state index contributed by atoms with van der Waals surface area (Å²) in [5.41, 5.74) is 0.320. The van der Waals surface area contributed by atoms with Crippen molar-refractivity contribution in [3.8, 4) is 0 Å². The Balaban J connectivity index is 0.000000709. The number of imidazole rings is 1. The van der Waals surface area contributed by atoms with E-state index in [0.717, 1.165) is 36.3 Å². The van der Waals surface area contributed by atoms with Crippen LogP contribution in [-0.2, 0) is 4.79 Å². The number of anilines is 2. The molecule has 0 radical (unpaired) electrons. The number of pyridine rings is 1. The maximum atomic E-state index is 14.5. The first-order valence-electron chi connectivity index (χ1n) is 11.4. The lowest BCUT2D eigenvalue weighted by Crippen LogP contribution is -2.72. The van der Waals surface area contributed by atoms with Gasteiger partial charge in [-0.15, -0.1) is 0 Å². The molecule has 36 heavy (non-hydrogen) atoms. The van der Waals surface area contributed by atoms with E-state index in [-0.39, 0.29) is 41.3 Å². The first-order valence-corrected chi connectivity index (χ1v) is 12.9. The zero-order chi connectivity index (χ0) is 26.0. The number of carbonyl (C=O) groups excluding carboxylic acids is 1. The molecule has 1 amide bonds. The molecule has 3 aromatic rings. The SMILES string of the molecule is CC(=O)O.O=C(c1cn2ccnc2c(Cl)c1Nc1ccc(I)cc1F)N1CC(O)(C2CCCCN2)C1. The molecule has 192 valence electrons. The molecule has 9 nitrogen and oxygen atoms in total. The molecule has 2 saturated heterocycles. The van der Waals surface area contributed by atoms with E-state index in [1.54, 1.807) is 40.0 Å². The van der Waals surface area contributed by atoms with Crippen LogP contribution in [0.15, 0.2) is 36.8 Å². The number of aromatic nitrogens is 2. The number of aliphatic hydroxyl groups is 1. The fourth-order valence-electron chi connectivity index (χ4n) is 4.49. The van der Waals surface area contributed by atoms with Gasteiger partial charge in [-0.25, -0.2) is 9.37 Å². The van der Waals surface area contributed by atoms with Crippen LogP contribution in [0.2, 0.25) is 5.02 Å². The monoisotopic (exact) mass is 629 g/mol. The Morgan fingerprint density at radius 2 is 2.06 bits per heavy atom. The van der Waals surface area contributed by atoms with Crippen LogP contribution in [0, 0.1) is 9.39 Å². The maximum absolute atomic E-state index is 14.5. The van der Waals surface area contributed by atoms with Crippen LogP contribution in [0.1, 0.15) is 36.5 Å². The van der Waals surface area contributed by atoms with Crippen molar-refractivity contribution >= 4 is 63.1 Å². The molecule has 0 spiro atoms. The number of carboxylic acids is 1. The van der Waals surface area contributed by atoms with Gasteiger partial charge >= 0.3 is 0 Å². The van der Waals surface area contributed by atoms with Crippen LogP contribution in [0.3, 0.4) is 0 Å². The quantitative estimate of drug-likeness (QED) is 0.324. The number of nitrogens with one attached hydrogen (secondary N) is 2. The molecule has 2 aliphatic rings. The van der Waals surface area contributed by atoms with Gasteiger partial charge in [-0.3, -0.25) is 9.59 Å². The number of benzene rings is 1. The highest BCUT2D eigenvalue weighted by molar-refractivity contribution is 14.1. The maximum Gasteiger partial charge on any atom is 0.300 e. The molecular formula is C24H26ClFIN5O4. The highest BCUT2D eigenvalue weighted by Crippen LogP contribution is 2.36. The van der Waals surface area contributed by atoms with Gasteiger partial charge in [-0.1, -0.05) is 18.0 Å². The van der Waals surface area contributed by atoms with Gasteiger partial charge in [0.1, 0.15) is 16.4 Å². The third kappa shape index (κ3) is 5.58. The number of amides is 1. The van der Waals surface area contributed by atoms with Gasteiger partial charge in [0.15, 0.2) is 5.65 Å². The largest absolute Gasteiger partial charge is 0.481 e. The van der Waals surface area contributed by atoms with Gasteiger partial charge in [-0.2, -0.15) is 0 Å². The summed E-state index contributed by atoms with van der Waals surface area (Å²) >= 11 is 8.64. The molecule has 2 aromatic heterocycles. The number of hydrogen-bond donors (Lipinski definition) is 4. The minimum absolute atomic E-state index is 0.0153. The number of rotatable bonds is 4. The summed E-state index contributed by atoms with van der Waals surface area (Å²) in [5.74, 6) is -1.56. The predicted octanol–water partition coefficient (Wildman–Crippen LogP) is 3.89. The number of likely N-dealkylation sites (tertiary alicyclic amines) is 1. The number of β-amino-alcohol motifs (C(OH)–C–C–N with tert-alkyl or cyclic N) is 1. The number of carbonyl (C=O) groups is 2. The summed E-state index contributed by atoms with van der Waals surface area (Å²) in [6, 6.07) is 4.76. The molecule has 4 N–H and O–H groups in total. The van der Waals surface area contributed by atoms with Crippen molar-refractivity contribution in [3.63, 3.8) is 0 Å². The second-order valence-electron chi connectivity index (χ2n) is 8.93. The number of nitrogens with zero attached hydrogens (tertiary/aromatic N) is 3. The first-order chi connectivity index (χ1) is 17.1. The molecule has 12 heteroatoms. The standard InChI is InChI=1S/C22H22ClFIN5O2.C2H4O2/c23-18-19(28-16-5-4-13(25)9-15(16)24)14(10-29-8-7-27-20(18)29)21(31)30-11-22(32,12-30)17-3-1-2-6-26-17;1-2(3)4/h4-5,7-10,17,26,28,32H,1-3,6,11-12H2;1H3,(H,3,4). The Kier molecular flexibility index (Phi) is 8.03. The van der Waals surface area contributed by atoms with Crippen molar-refractivity contribution in [2.24, 2.45) is 0 Å². The Morgan fingerprint density at radius 1 is 1.33 bits per heavy atom. The van der Waals surface area contributed by atoms with Crippen molar-refractivity contribution in [2.45, 2.75) is 37.8 Å². The third-order valence-corrected chi connectivity index (χ3v) is 7.25. The summed E-state index contributed by atoms with van der Waals surface area (Å²) < 4.78 is 17.0. The summed E-state index contributed by atoms with van der Waals surface area (Å²) in [6.45, 7) is 2.43. The molecule has 4 heterocycles. The van der Waals surface area contributed by atoms with Crippen molar-refractivity contribution in [2.75, 3.05) is 25.0 Å². The normalized spacial score (nSPS) is 18.7. The average molecular weight is 630 g/mol. The van der Waals surface area contributed by atoms with Crippen LogP contribution in [0.25, 0.3) is 5.65 Å². The number of piperidine rings is 1. The van der Waals surface area contributed by atoms with Crippen molar-refractivity contribution in [3.05, 3.63) is 56.8 Å². The van der Waals surface area contributed by atoms with Crippen molar-refractivity contribution in [1.29, 1.82) is 0 Å². The molecule has 1 unspecified atom stereocenters. The molecule has 2 aliphatic heterocycles. The summed E-state index contributed by atoms with van der Waals surface area (Å²) in [5, 5.41) is 25.0. The van der Waals surface area contributed by atoms with Crippen LogP contribution in [0.4, 0.5) is 15.8 Å². The summed E-state index contributed by atoms with van der Waals surface area (Å²) in [7, 11) is 0. The molecule has 0 bridgehead atoms. The topological polar surface area (TPSA) is 119 Å². The number of halogens is 3. The zero-order valence-electron chi connectivity index (χ0n) is 19.5. The molecule has 0 saturated carbocycles. The van der Waals surface area contributed by atoms with Gasteiger partial charge in [0.05, 0.1) is 30.0 Å². The van der Waals surface area contributed by atoms with E-state index >= 15 is 0 Å². The lowest BCUT2D eigenvalue weighted by Gasteiger charge is -2.51. The van der Waals surface area contributed by atoms with Gasteiger partial charge in [-0.05, 0) is 60.2 Å². The highest BCUT2D eigenvalue weighted by atomic mass is 127. The molecule has 0 aliphatic carbocycles. The van der Waals surface area contributed by atoms with Gasteiger partial charge < -0.3 is 30.1 Å². The Hall–Kier alpha value is -2.48. The van der Waals surface area contributed by atoms with Gasteiger partial charge in [0, 0.05) is 35.1 Å². The van der Waals surface area contributed by atoms with Crippen LogP contribution in [0.5, 0.6) is 0 Å². The lowest BCUT2D eigenvalue weighted by molar-refractivity contribution is -0.134. The third-order valence-electron chi connectivity index (χ3n) is 6.22. The smallest absolute Gasteiger partial charge is 0.300 e. The van der Waals surface area contributed by atoms with Crippen LogP contribution in [-0.4, -0.2) is 67.7 Å². The van der Waals surface area contributed by atoms with Crippen molar-refractivity contribution < 1.29 is 24.2 Å². The predicted molar refractivity (Wildman–Crippen MR) is 142 cm³/mol. The minimum Gasteiger partial charge on any atom is -0.481 e. The van der Waals surface area contributed by atoms with E-state index in [1.165, 1.54) is 6.07 Å². The average Bonchev–Trinajstić information content (AvgIpc) is 3.29. The fraction of sp³-hybridized carbons (Fsp3) is 0.375. The summed E-state index contributed by atoms with van der Waals surface area (Å²) in [4.78, 5) is 28.3. The number of aliphatic carboxylic acids is 1. The van der Waals surface area contributed by atoms with E-state index in [1.807, 2.05) is 22.6 Å². The first kappa shape index (κ1) is 26.6. The van der Waals surface area contributed by atoms with Crippen molar-refractivity contribution in [1.82, 2.24) is 19.6 Å². The van der Waals surface area contributed by atoms with Crippen LogP contribution >= 0.6 is 34.2 Å². The second-order valence-corrected chi connectivity index (χ2v) is 10.5. The fourth-order valence-corrected chi connectivity index (χ4v) is 5.24. The number of carboxylic acid groups (broad SMARTS) is 1. The molecule has 2 fully saturated rings. The minimum atomic E-state index is -0.936. The lowest BCUT2D eigenvalue weighted by atomic mass is 9.81. The molecule has 1 aromatic carbocycles. The number of hydrogen-bond acceptors (Lipinski definition) is 6. The molecule has 1 atom stereocenters. The van der Waals surface area contributed by atoms with E-state index in [9.17, 15) is 14.3 Å². The number of fused-ring (bicyclic) bond motifs is 1. The highest BCUT2D eigenvalue weighted by Gasteiger charge is 2.49. The van der Waals surface area contributed by atoms with Gasteiger partial charge in [0.2, 0.25) is 0 Å². The zero-order valence-corrected chi connectivity index (χ0v) is 22.4. The van der Waals surface area contributed by atoms with Crippen LogP contribution < -0.4 is 10.6 Å². The van der Waals surface area contributed by atoms with E-state index in [2.05, 4.69) is 15.6 Å². The van der Waals surface area contributed by atoms with E-state index in [0.29, 0.717) is 11.3 Å². The van der Waals surface area contributed by atoms with Gasteiger partial charge in [0.25, 0.3) is 11.9 Å². The van der Waals surface area contributed by atoms with E-state index < -0.39 is 17.4 Å². The van der Waals surface area contributed by atoms with E-state index in [4.69, 9.17) is 21.5 Å². The Labute approximate surface area is 225 Å². The molecular weight excluding hydrogens is 604 g/mol.